The third-order valence-electron chi connectivity index (χ3n) is 2.57. The van der Waals surface area contributed by atoms with Gasteiger partial charge in [-0.25, -0.2) is 0 Å². The molecule has 2 aliphatic heterocycles. The Kier molecular flexibility index (Phi) is 12.7. The Morgan fingerprint density at radius 3 is 1.53 bits per heavy atom. The van der Waals surface area contributed by atoms with Crippen molar-refractivity contribution in [1.82, 2.24) is 0 Å². The quantitative estimate of drug-likeness (QED) is 0.548. The van der Waals surface area contributed by atoms with Crippen LogP contribution in [-0.4, -0.2) is 55.1 Å². The molecule has 2 N–H and O–H groups in total. The lowest BCUT2D eigenvalue weighted by Gasteiger charge is -1.94. The van der Waals surface area contributed by atoms with E-state index in [-0.39, 0.29) is 0 Å². The lowest BCUT2D eigenvalue weighted by atomic mass is 10.2. The Morgan fingerprint density at radius 2 is 1.42 bits per heavy atom. The molecule has 0 bridgehead atoms. The molecule has 5 nitrogen and oxygen atoms in total. The highest BCUT2D eigenvalue weighted by atomic mass is 16.6. The van der Waals surface area contributed by atoms with Gasteiger partial charge in [0.15, 0.2) is 6.29 Å². The van der Waals surface area contributed by atoms with Crippen molar-refractivity contribution in [2.24, 2.45) is 0 Å². The van der Waals surface area contributed by atoms with Crippen LogP contribution < -0.4 is 0 Å². The Morgan fingerprint density at radius 1 is 1.00 bits per heavy atom. The maximum absolute atomic E-state index is 8.11. The number of ether oxygens (including phenoxy) is 3. The van der Waals surface area contributed by atoms with Gasteiger partial charge < -0.3 is 24.4 Å². The molecule has 2 heterocycles. The average molecular weight is 278 g/mol. The SMILES string of the molecule is C(CC1CO1)C1CO1.CCCC(O)O.CCOCC. The van der Waals surface area contributed by atoms with Gasteiger partial charge in [-0.2, -0.15) is 0 Å². The summed E-state index contributed by atoms with van der Waals surface area (Å²) >= 11 is 0. The summed E-state index contributed by atoms with van der Waals surface area (Å²) in [5.74, 6) is 0. The normalized spacial score (nSPS) is 23.1. The summed E-state index contributed by atoms with van der Waals surface area (Å²) in [5, 5.41) is 16.2. The molecule has 0 aromatic carbocycles. The first-order valence-electron chi connectivity index (χ1n) is 7.31. The van der Waals surface area contributed by atoms with Gasteiger partial charge in [-0.15, -0.1) is 0 Å². The fourth-order valence-corrected chi connectivity index (χ4v) is 1.30. The molecule has 2 fully saturated rings. The van der Waals surface area contributed by atoms with Gasteiger partial charge in [0.25, 0.3) is 0 Å². The van der Waals surface area contributed by atoms with Crippen molar-refractivity contribution < 1.29 is 24.4 Å². The van der Waals surface area contributed by atoms with Gasteiger partial charge in [-0.1, -0.05) is 13.3 Å². The molecule has 0 aliphatic carbocycles. The molecule has 2 atom stereocenters. The van der Waals surface area contributed by atoms with Gasteiger partial charge in [0.1, 0.15) is 0 Å². The highest BCUT2D eigenvalue weighted by molar-refractivity contribution is 4.75. The van der Waals surface area contributed by atoms with Gasteiger partial charge in [-0.3, -0.25) is 0 Å². The summed E-state index contributed by atoms with van der Waals surface area (Å²) in [6.45, 7) is 9.55. The molecule has 19 heavy (non-hydrogen) atoms. The minimum atomic E-state index is -1.10. The fraction of sp³-hybridized carbons (Fsp3) is 1.00. The van der Waals surface area contributed by atoms with E-state index in [0.717, 1.165) is 32.8 Å². The van der Waals surface area contributed by atoms with E-state index in [0.29, 0.717) is 18.6 Å². The van der Waals surface area contributed by atoms with Crippen LogP contribution in [0, 0.1) is 0 Å². The van der Waals surface area contributed by atoms with Crippen LogP contribution in [0.3, 0.4) is 0 Å². The molecule has 5 heteroatoms. The van der Waals surface area contributed by atoms with Crippen LogP contribution in [0.15, 0.2) is 0 Å². The van der Waals surface area contributed by atoms with Gasteiger partial charge in [0.2, 0.25) is 0 Å². The van der Waals surface area contributed by atoms with Crippen LogP contribution in [0.2, 0.25) is 0 Å². The molecule has 2 rings (SSSR count). The monoisotopic (exact) mass is 278 g/mol. The van der Waals surface area contributed by atoms with Crippen molar-refractivity contribution in [3.63, 3.8) is 0 Å². The zero-order chi connectivity index (χ0) is 14.5. The third kappa shape index (κ3) is 17.8. The van der Waals surface area contributed by atoms with Crippen molar-refractivity contribution in [2.75, 3.05) is 26.4 Å². The second-order valence-corrected chi connectivity index (χ2v) is 4.54. The summed E-state index contributed by atoms with van der Waals surface area (Å²) in [6.07, 6.45) is 3.83. The first kappa shape index (κ1) is 18.8. The maximum Gasteiger partial charge on any atom is 0.151 e. The molecule has 116 valence electrons. The summed E-state index contributed by atoms with van der Waals surface area (Å²) in [6, 6.07) is 0. The Labute approximate surface area is 116 Å². The first-order chi connectivity index (χ1) is 9.13. The number of epoxide rings is 2. The third-order valence-corrected chi connectivity index (χ3v) is 2.57. The molecular formula is C14H30O5. The van der Waals surface area contributed by atoms with Crippen LogP contribution in [-0.2, 0) is 14.2 Å². The van der Waals surface area contributed by atoms with E-state index in [1.165, 1.54) is 12.8 Å². The van der Waals surface area contributed by atoms with Crippen LogP contribution >= 0.6 is 0 Å². The smallest absolute Gasteiger partial charge is 0.151 e. The molecule has 0 aromatic rings. The number of rotatable bonds is 7. The van der Waals surface area contributed by atoms with Gasteiger partial charge in [-0.05, 0) is 33.1 Å². The number of hydrogen-bond acceptors (Lipinski definition) is 5. The van der Waals surface area contributed by atoms with Gasteiger partial charge in [0, 0.05) is 13.2 Å². The van der Waals surface area contributed by atoms with E-state index < -0.39 is 6.29 Å². The molecule has 0 spiro atoms. The summed E-state index contributed by atoms with van der Waals surface area (Å²) in [4.78, 5) is 0. The predicted molar refractivity (Wildman–Crippen MR) is 74.0 cm³/mol. The molecule has 0 amide bonds. The Bertz CT molecular complexity index is 165. The van der Waals surface area contributed by atoms with E-state index in [9.17, 15) is 0 Å². The molecule has 0 saturated carbocycles. The molecule has 2 aliphatic rings. The molecule has 0 aromatic heterocycles. The van der Waals surface area contributed by atoms with Crippen molar-refractivity contribution >= 4 is 0 Å². The van der Waals surface area contributed by atoms with Crippen LogP contribution in [0.4, 0.5) is 0 Å². The topological polar surface area (TPSA) is 74.8 Å². The largest absolute Gasteiger partial charge is 0.382 e. The fourth-order valence-electron chi connectivity index (χ4n) is 1.30. The zero-order valence-electron chi connectivity index (χ0n) is 12.5. The minimum absolute atomic E-state index is 0.486. The maximum atomic E-state index is 8.11. The van der Waals surface area contributed by atoms with Crippen molar-refractivity contribution in [3.05, 3.63) is 0 Å². The predicted octanol–water partition coefficient (Wildman–Crippen LogP) is 1.70. The summed E-state index contributed by atoms with van der Waals surface area (Å²) in [7, 11) is 0. The lowest BCUT2D eigenvalue weighted by Crippen LogP contribution is -2.01. The number of aliphatic hydroxyl groups is 2. The highest BCUT2D eigenvalue weighted by Crippen LogP contribution is 2.22. The zero-order valence-corrected chi connectivity index (χ0v) is 12.5. The van der Waals surface area contributed by atoms with Gasteiger partial charge in [0.05, 0.1) is 25.4 Å². The minimum Gasteiger partial charge on any atom is -0.382 e. The summed E-state index contributed by atoms with van der Waals surface area (Å²) < 4.78 is 14.9. The second-order valence-electron chi connectivity index (χ2n) is 4.54. The van der Waals surface area contributed by atoms with Crippen LogP contribution in [0.5, 0.6) is 0 Å². The number of hydrogen-bond donors (Lipinski definition) is 2. The standard InChI is InChI=1S/C6H10O2.C4H10O2.C4H10O/c1(5-3-7-5)2-6-4-8-6;1-2-3-4(5)6;1-3-5-4-2/h5-6H,1-4H2;4-6H,2-3H2,1H3;3-4H2,1-2H3. The summed E-state index contributed by atoms with van der Waals surface area (Å²) in [5.41, 5.74) is 0. The highest BCUT2D eigenvalue weighted by Gasteiger charge is 2.28. The van der Waals surface area contributed by atoms with E-state index >= 15 is 0 Å². The van der Waals surface area contributed by atoms with Crippen LogP contribution in [0.1, 0.15) is 46.5 Å². The molecule has 2 saturated heterocycles. The molecule has 2 unspecified atom stereocenters. The van der Waals surface area contributed by atoms with Crippen molar-refractivity contribution in [1.29, 1.82) is 0 Å². The van der Waals surface area contributed by atoms with Crippen molar-refractivity contribution in [2.45, 2.75) is 65.0 Å². The lowest BCUT2D eigenvalue weighted by molar-refractivity contribution is -0.0453. The average Bonchev–Trinajstić information content (AvgIpc) is 3.24. The molecular weight excluding hydrogens is 248 g/mol. The van der Waals surface area contributed by atoms with E-state index in [4.69, 9.17) is 24.4 Å². The first-order valence-corrected chi connectivity index (χ1v) is 7.31. The van der Waals surface area contributed by atoms with Gasteiger partial charge >= 0.3 is 0 Å². The van der Waals surface area contributed by atoms with E-state index in [1.807, 2.05) is 20.8 Å². The van der Waals surface area contributed by atoms with Crippen LogP contribution in [0.25, 0.3) is 0 Å². The van der Waals surface area contributed by atoms with Crippen molar-refractivity contribution in [3.8, 4) is 0 Å². The second kappa shape index (κ2) is 12.8. The Balaban J connectivity index is 0.000000268. The molecule has 0 radical (unpaired) electrons. The van der Waals surface area contributed by atoms with E-state index in [1.54, 1.807) is 0 Å². The Hall–Kier alpha value is -0.200. The number of aliphatic hydroxyl groups excluding tert-OH is 1. The van der Waals surface area contributed by atoms with E-state index in [2.05, 4.69) is 0 Å².